The zero-order valence-electron chi connectivity index (χ0n) is 17.3. The molecule has 0 aliphatic carbocycles. The van der Waals surface area contributed by atoms with Gasteiger partial charge >= 0.3 is 13.1 Å². The lowest BCUT2D eigenvalue weighted by atomic mass is 9.81. The van der Waals surface area contributed by atoms with Crippen molar-refractivity contribution in [1.29, 1.82) is 0 Å². The Morgan fingerprint density at radius 1 is 1.03 bits per heavy atom. The van der Waals surface area contributed by atoms with E-state index >= 15 is 0 Å². The minimum atomic E-state index is -1.35. The first-order valence-corrected chi connectivity index (χ1v) is 11.3. The highest BCUT2D eigenvalue weighted by atomic mass is 35.5. The molecule has 10 heteroatoms. The first-order valence-electron chi connectivity index (χ1n) is 10.5. The predicted octanol–water partition coefficient (Wildman–Crippen LogP) is 2.71. The van der Waals surface area contributed by atoms with E-state index in [0.717, 1.165) is 51.3 Å². The molecule has 1 saturated heterocycles. The van der Waals surface area contributed by atoms with E-state index in [-0.39, 0.29) is 6.32 Å². The predicted molar refractivity (Wildman–Crippen MR) is 122 cm³/mol. The molecule has 0 aromatic heterocycles. The van der Waals surface area contributed by atoms with Gasteiger partial charge in [-0.25, -0.2) is 0 Å². The SMILES string of the molecule is NC(CCCCB(O)O)(CCCCN1CCN(c2ccc(Cl)c(Cl)c2)CC1)C(=O)O. The van der Waals surface area contributed by atoms with Gasteiger partial charge in [0, 0.05) is 31.9 Å². The molecule has 1 fully saturated rings. The zero-order chi connectivity index (χ0) is 22.1. The number of piperazine rings is 1. The fourth-order valence-corrected chi connectivity index (χ4v) is 4.09. The van der Waals surface area contributed by atoms with Gasteiger partial charge < -0.3 is 25.8 Å². The van der Waals surface area contributed by atoms with Crippen LogP contribution in [-0.2, 0) is 4.79 Å². The summed E-state index contributed by atoms with van der Waals surface area (Å²) < 4.78 is 0. The number of rotatable bonds is 12. The lowest BCUT2D eigenvalue weighted by Gasteiger charge is -2.36. The van der Waals surface area contributed by atoms with Crippen LogP contribution in [0.2, 0.25) is 16.4 Å². The molecule has 5 N–H and O–H groups in total. The van der Waals surface area contributed by atoms with Gasteiger partial charge in [-0.2, -0.15) is 0 Å². The van der Waals surface area contributed by atoms with Crippen LogP contribution in [0.25, 0.3) is 0 Å². The van der Waals surface area contributed by atoms with Crippen molar-refractivity contribution in [3.8, 4) is 0 Å². The van der Waals surface area contributed by atoms with Crippen molar-refractivity contribution in [2.45, 2.75) is 50.4 Å². The first-order chi connectivity index (χ1) is 14.2. The van der Waals surface area contributed by atoms with E-state index < -0.39 is 18.6 Å². The molecule has 0 radical (unpaired) electrons. The van der Waals surface area contributed by atoms with Crippen LogP contribution in [0.1, 0.15) is 38.5 Å². The summed E-state index contributed by atoms with van der Waals surface area (Å²) in [5, 5.41) is 28.4. The number of halogens is 2. The lowest BCUT2D eigenvalue weighted by molar-refractivity contribution is -0.144. The number of benzene rings is 1. The summed E-state index contributed by atoms with van der Waals surface area (Å²) in [4.78, 5) is 16.3. The van der Waals surface area contributed by atoms with Crippen LogP contribution in [0, 0.1) is 0 Å². The van der Waals surface area contributed by atoms with Gasteiger partial charge in [-0.15, -0.1) is 0 Å². The molecule has 1 aliphatic heterocycles. The number of aliphatic carboxylic acids is 1. The van der Waals surface area contributed by atoms with E-state index in [0.29, 0.717) is 35.7 Å². The normalized spacial score (nSPS) is 17.0. The second-order valence-corrected chi connectivity index (χ2v) is 8.89. The lowest BCUT2D eigenvalue weighted by Crippen LogP contribution is -2.48. The number of carbonyl (C=O) groups is 1. The molecule has 168 valence electrons. The zero-order valence-corrected chi connectivity index (χ0v) is 18.8. The summed E-state index contributed by atoms with van der Waals surface area (Å²) in [7, 11) is -1.35. The second-order valence-electron chi connectivity index (χ2n) is 8.07. The number of anilines is 1. The van der Waals surface area contributed by atoms with E-state index in [2.05, 4.69) is 9.80 Å². The van der Waals surface area contributed by atoms with Crippen LogP contribution in [0.4, 0.5) is 5.69 Å². The number of unbranched alkanes of at least 4 members (excludes halogenated alkanes) is 2. The molecular weight excluding hydrogens is 428 g/mol. The van der Waals surface area contributed by atoms with Crippen molar-refractivity contribution >= 4 is 42.0 Å². The van der Waals surface area contributed by atoms with Gasteiger partial charge in [0.1, 0.15) is 5.54 Å². The third kappa shape index (κ3) is 7.91. The number of nitrogens with zero attached hydrogens (tertiary/aromatic N) is 2. The Labute approximate surface area is 188 Å². The Kier molecular flexibility index (Phi) is 10.2. The van der Waals surface area contributed by atoms with Gasteiger partial charge in [-0.05, 0) is 56.7 Å². The Bertz CT molecular complexity index is 690. The fourth-order valence-electron chi connectivity index (χ4n) is 3.79. The van der Waals surface area contributed by atoms with Gasteiger partial charge in [0.2, 0.25) is 0 Å². The highest BCUT2D eigenvalue weighted by molar-refractivity contribution is 6.42. The van der Waals surface area contributed by atoms with Crippen molar-refractivity contribution in [3.05, 3.63) is 28.2 Å². The Hall–Kier alpha value is -1.03. The van der Waals surface area contributed by atoms with Gasteiger partial charge in [-0.3, -0.25) is 9.69 Å². The first kappa shape index (κ1) is 25.2. The summed E-state index contributed by atoms with van der Waals surface area (Å²) in [6, 6.07) is 5.70. The molecular formula is C20H32BCl2N3O4. The van der Waals surface area contributed by atoms with Gasteiger partial charge in [0.15, 0.2) is 0 Å². The molecule has 1 heterocycles. The van der Waals surface area contributed by atoms with Gasteiger partial charge in [-0.1, -0.05) is 36.0 Å². The van der Waals surface area contributed by atoms with Gasteiger partial charge in [0.05, 0.1) is 10.0 Å². The van der Waals surface area contributed by atoms with Crippen LogP contribution in [0.15, 0.2) is 18.2 Å². The largest absolute Gasteiger partial charge is 0.480 e. The highest BCUT2D eigenvalue weighted by Crippen LogP contribution is 2.28. The minimum absolute atomic E-state index is 0.240. The van der Waals surface area contributed by atoms with E-state index in [1.165, 1.54) is 0 Å². The molecule has 1 aliphatic rings. The van der Waals surface area contributed by atoms with Crippen molar-refractivity contribution in [1.82, 2.24) is 4.90 Å². The Morgan fingerprint density at radius 2 is 1.67 bits per heavy atom. The molecule has 0 spiro atoms. The van der Waals surface area contributed by atoms with Crippen molar-refractivity contribution < 1.29 is 19.9 Å². The molecule has 7 nitrogen and oxygen atoms in total. The maximum Gasteiger partial charge on any atom is 0.451 e. The maximum absolute atomic E-state index is 11.6. The summed E-state index contributed by atoms with van der Waals surface area (Å²) in [5.41, 5.74) is 5.95. The summed E-state index contributed by atoms with van der Waals surface area (Å²) >= 11 is 12.1. The van der Waals surface area contributed by atoms with Crippen LogP contribution in [-0.4, -0.2) is 71.4 Å². The standard InChI is InChI=1S/C20H32BCl2N3O4/c22-17-6-5-16(15-18(17)23)26-13-11-25(12-14-26)10-4-2-8-20(24,19(27)28)7-1-3-9-21(29)30/h5-6,15,29-30H,1-4,7-14,24H2,(H,27,28). The molecule has 1 aromatic rings. The molecule has 1 atom stereocenters. The smallest absolute Gasteiger partial charge is 0.451 e. The molecule has 30 heavy (non-hydrogen) atoms. The van der Waals surface area contributed by atoms with E-state index in [1.807, 2.05) is 18.2 Å². The third-order valence-corrected chi connectivity index (χ3v) is 6.49. The number of nitrogens with two attached hydrogens (primary N) is 1. The van der Waals surface area contributed by atoms with E-state index in [1.54, 1.807) is 0 Å². The fraction of sp³-hybridized carbons (Fsp3) is 0.650. The highest BCUT2D eigenvalue weighted by Gasteiger charge is 2.32. The van der Waals surface area contributed by atoms with E-state index in [9.17, 15) is 9.90 Å². The topological polar surface area (TPSA) is 110 Å². The molecule has 0 saturated carbocycles. The van der Waals surface area contributed by atoms with E-state index in [4.69, 9.17) is 39.0 Å². The number of hydrogen-bond acceptors (Lipinski definition) is 6. The quantitative estimate of drug-likeness (QED) is 0.281. The number of carboxylic acid groups (broad SMARTS) is 1. The second kappa shape index (κ2) is 12.1. The molecule has 0 bridgehead atoms. The van der Waals surface area contributed by atoms with Gasteiger partial charge in [0.25, 0.3) is 0 Å². The molecule has 2 rings (SSSR count). The van der Waals surface area contributed by atoms with Crippen LogP contribution in [0.3, 0.4) is 0 Å². The van der Waals surface area contributed by atoms with Crippen molar-refractivity contribution in [2.24, 2.45) is 5.73 Å². The summed E-state index contributed by atoms with van der Waals surface area (Å²) in [5.74, 6) is -0.984. The van der Waals surface area contributed by atoms with Crippen LogP contribution >= 0.6 is 23.2 Å². The number of hydrogen-bond donors (Lipinski definition) is 4. The van der Waals surface area contributed by atoms with Crippen molar-refractivity contribution in [3.63, 3.8) is 0 Å². The molecule has 1 aromatic carbocycles. The maximum atomic E-state index is 11.6. The third-order valence-electron chi connectivity index (χ3n) is 5.75. The summed E-state index contributed by atoms with van der Waals surface area (Å²) in [6.07, 6.45) is 3.77. The monoisotopic (exact) mass is 459 g/mol. The Balaban J connectivity index is 1.68. The average molecular weight is 460 g/mol. The number of carboxylic acids is 1. The average Bonchev–Trinajstić information content (AvgIpc) is 2.71. The van der Waals surface area contributed by atoms with Crippen LogP contribution < -0.4 is 10.6 Å². The summed E-state index contributed by atoms with van der Waals surface area (Å²) in [6.45, 7) is 4.61. The molecule has 1 unspecified atom stereocenters. The minimum Gasteiger partial charge on any atom is -0.480 e. The Morgan fingerprint density at radius 3 is 2.23 bits per heavy atom. The van der Waals surface area contributed by atoms with Crippen molar-refractivity contribution in [2.75, 3.05) is 37.6 Å². The molecule has 0 amide bonds. The van der Waals surface area contributed by atoms with Crippen LogP contribution in [0.5, 0.6) is 0 Å².